The first-order valence-corrected chi connectivity index (χ1v) is 19.2. The Morgan fingerprint density at radius 1 is 0.476 bits per heavy atom. The van der Waals surface area contributed by atoms with Gasteiger partial charge in [0.15, 0.2) is 0 Å². The van der Waals surface area contributed by atoms with Crippen molar-refractivity contribution < 1.29 is 23.7 Å². The molecule has 0 aliphatic heterocycles. The minimum atomic E-state index is -0.465. The molecular formula is C36H71BrO5. The zero-order valence-electron chi connectivity index (χ0n) is 28.3. The Balaban J connectivity index is 4.88. The Kier molecular flexibility index (Phi) is 33.6. The van der Waals surface area contributed by atoms with Crippen LogP contribution in [0.4, 0.5) is 0 Å². The van der Waals surface area contributed by atoms with Crippen molar-refractivity contribution in [1.29, 1.82) is 0 Å². The van der Waals surface area contributed by atoms with E-state index in [1.54, 1.807) is 0 Å². The fraction of sp³-hybridized carbons (Fsp3) is 0.972. The number of hydrogen-bond acceptors (Lipinski definition) is 5. The van der Waals surface area contributed by atoms with Crippen LogP contribution in [0.5, 0.6) is 0 Å². The van der Waals surface area contributed by atoms with E-state index in [9.17, 15) is 4.79 Å². The van der Waals surface area contributed by atoms with Crippen LogP contribution in [0.25, 0.3) is 0 Å². The van der Waals surface area contributed by atoms with Crippen LogP contribution >= 0.6 is 15.9 Å². The van der Waals surface area contributed by atoms with Gasteiger partial charge in [0.05, 0.1) is 25.2 Å². The number of unbranched alkanes of at least 4 members (excludes halogenated alkanes) is 18. The first-order chi connectivity index (χ1) is 20.6. The molecule has 0 atom stereocenters. The van der Waals surface area contributed by atoms with Gasteiger partial charge in [-0.15, -0.1) is 0 Å². The SMILES string of the molecule is CCCCCCCCCOCC(COCCCCCCCCC)(COCCCCCCCCC)COC(=O)CCCBr. The highest BCUT2D eigenvalue weighted by molar-refractivity contribution is 9.09. The van der Waals surface area contributed by atoms with Crippen LogP contribution in [0.1, 0.15) is 168 Å². The molecule has 5 nitrogen and oxygen atoms in total. The number of esters is 1. The summed E-state index contributed by atoms with van der Waals surface area (Å²) in [5.41, 5.74) is -0.465. The molecule has 6 heteroatoms. The number of ether oxygens (including phenoxy) is 4. The maximum atomic E-state index is 12.5. The van der Waals surface area contributed by atoms with Crippen molar-refractivity contribution in [2.24, 2.45) is 5.41 Å². The van der Waals surface area contributed by atoms with E-state index in [4.69, 9.17) is 18.9 Å². The van der Waals surface area contributed by atoms with Gasteiger partial charge in [-0.3, -0.25) is 4.79 Å². The molecule has 0 unspecified atom stereocenters. The molecule has 0 aromatic rings. The minimum Gasteiger partial charge on any atom is -0.465 e. The maximum Gasteiger partial charge on any atom is 0.305 e. The van der Waals surface area contributed by atoms with Crippen LogP contribution in [-0.2, 0) is 23.7 Å². The monoisotopic (exact) mass is 662 g/mol. The Morgan fingerprint density at radius 3 is 1.14 bits per heavy atom. The molecule has 0 aliphatic rings. The van der Waals surface area contributed by atoms with Crippen LogP contribution in [0.3, 0.4) is 0 Å². The van der Waals surface area contributed by atoms with E-state index in [-0.39, 0.29) is 5.97 Å². The molecule has 0 radical (unpaired) electrons. The summed E-state index contributed by atoms with van der Waals surface area (Å²) < 4.78 is 24.6. The average molecular weight is 664 g/mol. The fourth-order valence-corrected chi connectivity index (χ4v) is 5.40. The molecule has 0 saturated heterocycles. The first-order valence-electron chi connectivity index (χ1n) is 18.1. The minimum absolute atomic E-state index is 0.148. The third-order valence-corrected chi connectivity index (χ3v) is 8.52. The molecule has 0 rings (SSSR count). The highest BCUT2D eigenvalue weighted by Crippen LogP contribution is 2.23. The van der Waals surface area contributed by atoms with Gasteiger partial charge in [0.2, 0.25) is 0 Å². The van der Waals surface area contributed by atoms with Crippen molar-refractivity contribution >= 4 is 21.9 Å². The highest BCUT2D eigenvalue weighted by atomic mass is 79.9. The number of carbonyl (C=O) groups is 1. The van der Waals surface area contributed by atoms with Crippen molar-refractivity contribution in [1.82, 2.24) is 0 Å². The molecule has 0 fully saturated rings. The number of halogens is 1. The number of rotatable bonds is 35. The zero-order valence-corrected chi connectivity index (χ0v) is 29.9. The van der Waals surface area contributed by atoms with Crippen LogP contribution in [0.2, 0.25) is 0 Å². The Labute approximate surface area is 270 Å². The van der Waals surface area contributed by atoms with Crippen LogP contribution in [0.15, 0.2) is 0 Å². The lowest BCUT2D eigenvalue weighted by Crippen LogP contribution is -2.42. The van der Waals surface area contributed by atoms with E-state index in [1.807, 2.05) is 0 Å². The van der Waals surface area contributed by atoms with Crippen LogP contribution in [-0.4, -0.2) is 57.5 Å². The van der Waals surface area contributed by atoms with Crippen LogP contribution in [0, 0.1) is 5.41 Å². The van der Waals surface area contributed by atoms with E-state index in [0.717, 1.165) is 50.8 Å². The molecule has 42 heavy (non-hydrogen) atoms. The summed E-state index contributed by atoms with van der Waals surface area (Å²) in [5.74, 6) is -0.148. The van der Waals surface area contributed by atoms with E-state index < -0.39 is 5.41 Å². The molecule has 0 aromatic carbocycles. The molecular weight excluding hydrogens is 592 g/mol. The molecule has 0 N–H and O–H groups in total. The van der Waals surface area contributed by atoms with Gasteiger partial charge < -0.3 is 18.9 Å². The summed E-state index contributed by atoms with van der Waals surface area (Å²) in [6, 6.07) is 0. The molecule has 0 saturated carbocycles. The number of hydrogen-bond donors (Lipinski definition) is 0. The summed E-state index contributed by atoms with van der Waals surface area (Å²) in [5, 5.41) is 0.803. The van der Waals surface area contributed by atoms with Gasteiger partial charge in [-0.1, -0.05) is 152 Å². The third-order valence-electron chi connectivity index (χ3n) is 7.96. The lowest BCUT2D eigenvalue weighted by Gasteiger charge is -2.33. The molecule has 0 spiro atoms. The second-order valence-corrected chi connectivity index (χ2v) is 13.3. The maximum absolute atomic E-state index is 12.5. The van der Waals surface area contributed by atoms with E-state index in [1.165, 1.54) is 116 Å². The second-order valence-electron chi connectivity index (χ2n) is 12.5. The largest absolute Gasteiger partial charge is 0.465 e. The first kappa shape index (κ1) is 41.8. The van der Waals surface area contributed by atoms with Crippen molar-refractivity contribution in [3.05, 3.63) is 0 Å². The Bertz CT molecular complexity index is 490. The Morgan fingerprint density at radius 2 is 0.810 bits per heavy atom. The van der Waals surface area contributed by atoms with Crippen molar-refractivity contribution in [3.63, 3.8) is 0 Å². The summed E-state index contributed by atoms with van der Waals surface area (Å²) in [6.07, 6.45) is 27.8. The molecule has 0 heterocycles. The van der Waals surface area contributed by atoms with E-state index >= 15 is 0 Å². The van der Waals surface area contributed by atoms with Crippen molar-refractivity contribution in [3.8, 4) is 0 Å². The van der Waals surface area contributed by atoms with Crippen LogP contribution < -0.4 is 0 Å². The summed E-state index contributed by atoms with van der Waals surface area (Å²) >= 11 is 3.42. The van der Waals surface area contributed by atoms with E-state index in [2.05, 4.69) is 36.7 Å². The lowest BCUT2D eigenvalue weighted by molar-refractivity contribution is -0.156. The predicted octanol–water partition coefficient (Wildman–Crippen LogP) is 11.0. The van der Waals surface area contributed by atoms with E-state index in [0.29, 0.717) is 32.8 Å². The second kappa shape index (κ2) is 33.7. The quantitative estimate of drug-likeness (QED) is 0.0384. The molecule has 0 aliphatic carbocycles. The molecule has 0 aromatic heterocycles. The summed E-state index contributed by atoms with van der Waals surface area (Å²) in [7, 11) is 0. The molecule has 252 valence electrons. The third kappa shape index (κ3) is 28.6. The van der Waals surface area contributed by atoms with Crippen molar-refractivity contribution in [2.45, 2.75) is 168 Å². The summed E-state index contributed by atoms with van der Waals surface area (Å²) in [4.78, 5) is 12.5. The van der Waals surface area contributed by atoms with Gasteiger partial charge in [0.1, 0.15) is 6.61 Å². The molecule has 0 bridgehead atoms. The molecule has 0 amide bonds. The van der Waals surface area contributed by atoms with Gasteiger partial charge in [-0.05, 0) is 25.7 Å². The van der Waals surface area contributed by atoms with Gasteiger partial charge in [-0.25, -0.2) is 0 Å². The van der Waals surface area contributed by atoms with Gasteiger partial charge >= 0.3 is 5.97 Å². The lowest BCUT2D eigenvalue weighted by atomic mass is 9.92. The zero-order chi connectivity index (χ0) is 30.8. The smallest absolute Gasteiger partial charge is 0.305 e. The Hall–Kier alpha value is -0.170. The number of carbonyl (C=O) groups excluding carboxylic acids is 1. The standard InChI is InChI=1S/C36H71BrO5/c1-4-7-10-13-16-19-22-28-39-31-36(34-42-35(38)26-25-27-37,32-40-29-23-20-17-14-11-8-5-2)33-41-30-24-21-18-15-12-9-6-3/h4-34H2,1-3H3. The van der Waals surface area contributed by atoms with Gasteiger partial charge in [0, 0.05) is 31.6 Å². The normalized spacial score (nSPS) is 11.8. The average Bonchev–Trinajstić information content (AvgIpc) is 3.00. The topological polar surface area (TPSA) is 54.0 Å². The number of alkyl halides is 1. The highest BCUT2D eigenvalue weighted by Gasteiger charge is 2.34. The predicted molar refractivity (Wildman–Crippen MR) is 183 cm³/mol. The summed E-state index contributed by atoms with van der Waals surface area (Å²) in [6.45, 7) is 10.8. The van der Waals surface area contributed by atoms with Crippen molar-refractivity contribution in [2.75, 3.05) is 51.6 Å². The van der Waals surface area contributed by atoms with Gasteiger partial charge in [-0.2, -0.15) is 0 Å². The van der Waals surface area contributed by atoms with Gasteiger partial charge in [0.25, 0.3) is 0 Å². The fourth-order valence-electron chi connectivity index (χ4n) is 5.12.